The summed E-state index contributed by atoms with van der Waals surface area (Å²) in [6.45, 7) is 0.408. The fraction of sp³-hybridized carbons (Fsp3) is 0.345. The van der Waals surface area contributed by atoms with Crippen LogP contribution in [-0.2, 0) is 12.0 Å². The van der Waals surface area contributed by atoms with Gasteiger partial charge in [0.2, 0.25) is 0 Å². The number of para-hydroxylation sites is 1. The highest BCUT2D eigenvalue weighted by molar-refractivity contribution is 5.96. The number of nitrogen functional groups attached to an aromatic ring is 1. The number of hydrogen-bond acceptors (Lipinski definition) is 6. The molecule has 0 spiro atoms. The van der Waals surface area contributed by atoms with Gasteiger partial charge in [-0.15, -0.1) is 0 Å². The number of nitrogens with two attached hydrogens (primary N) is 1. The third-order valence-corrected chi connectivity index (χ3v) is 8.46. The van der Waals surface area contributed by atoms with Crippen molar-refractivity contribution in [2.45, 2.75) is 49.6 Å². The van der Waals surface area contributed by atoms with E-state index in [2.05, 4.69) is 27.1 Å². The lowest BCUT2D eigenvalue weighted by Gasteiger charge is -2.26. The molecular formula is C29H32N6O2. The molecule has 2 aromatic heterocycles. The average Bonchev–Trinajstić information content (AvgIpc) is 3.64. The molecule has 0 unspecified atom stereocenters. The lowest BCUT2D eigenvalue weighted by Crippen LogP contribution is -2.37. The molecule has 0 saturated heterocycles. The predicted molar refractivity (Wildman–Crippen MR) is 144 cm³/mol. The first-order valence-corrected chi connectivity index (χ1v) is 12.8. The lowest BCUT2D eigenvalue weighted by molar-refractivity contribution is 0.0948. The highest BCUT2D eigenvalue weighted by Gasteiger charge is 2.56. The minimum atomic E-state index is -0.171. The zero-order valence-corrected chi connectivity index (χ0v) is 21.3. The molecule has 8 nitrogen and oxygen atoms in total. The molecule has 8 heteroatoms. The Bertz CT molecular complexity index is 1470. The lowest BCUT2D eigenvalue weighted by atomic mass is 9.83. The van der Waals surface area contributed by atoms with Crippen LogP contribution in [-0.4, -0.2) is 40.0 Å². The van der Waals surface area contributed by atoms with Gasteiger partial charge < -0.3 is 21.1 Å². The van der Waals surface area contributed by atoms with Crippen LogP contribution in [0.1, 0.15) is 53.8 Å². The largest absolute Gasteiger partial charge is 0.496 e. The molecule has 2 aromatic carbocycles. The number of carbonyl (C=O) groups excluding carboxylic acids is 1. The standard InChI is InChI=1S/C29H32N6O2/c1-31-29-13-11-28(18-29,12-14-29)27-34-23(24-25(30)32-15-16-35(24)27)20-9-7-19(8-10-20)17-33-26(36)21-5-3-4-6-22(21)37-2/h3-10,15-16,31H,11-14,17-18H2,1-2H3,(H2,30,32)(H,33,36). The molecule has 0 radical (unpaired) electrons. The first-order chi connectivity index (χ1) is 18.0. The van der Waals surface area contributed by atoms with Gasteiger partial charge in [0.15, 0.2) is 0 Å². The van der Waals surface area contributed by atoms with Crippen LogP contribution >= 0.6 is 0 Å². The highest BCUT2D eigenvalue weighted by atomic mass is 16.5. The van der Waals surface area contributed by atoms with Gasteiger partial charge in [-0.1, -0.05) is 36.4 Å². The summed E-state index contributed by atoms with van der Waals surface area (Å²) in [7, 11) is 3.65. The number of ether oxygens (including phenoxy) is 1. The summed E-state index contributed by atoms with van der Waals surface area (Å²) in [6, 6.07) is 15.3. The van der Waals surface area contributed by atoms with Gasteiger partial charge in [0, 0.05) is 35.5 Å². The van der Waals surface area contributed by atoms with Crippen LogP contribution in [0.25, 0.3) is 16.8 Å². The van der Waals surface area contributed by atoms with E-state index < -0.39 is 0 Å². The normalized spacial score (nSPS) is 22.4. The molecule has 1 amide bonds. The molecule has 2 aliphatic carbocycles. The number of amides is 1. The van der Waals surface area contributed by atoms with E-state index in [0.29, 0.717) is 23.7 Å². The molecule has 4 aromatic rings. The van der Waals surface area contributed by atoms with E-state index in [9.17, 15) is 4.79 Å². The van der Waals surface area contributed by atoms with Crippen LogP contribution in [0.5, 0.6) is 5.75 Å². The van der Waals surface area contributed by atoms with E-state index >= 15 is 0 Å². The Balaban J connectivity index is 1.28. The molecule has 2 aliphatic rings. The topological polar surface area (TPSA) is 107 Å². The van der Waals surface area contributed by atoms with Crippen LogP contribution < -0.4 is 21.1 Å². The van der Waals surface area contributed by atoms with E-state index in [1.807, 2.05) is 42.6 Å². The maximum absolute atomic E-state index is 12.7. The Hall–Kier alpha value is -3.91. The number of rotatable bonds is 7. The zero-order valence-electron chi connectivity index (χ0n) is 21.3. The van der Waals surface area contributed by atoms with Gasteiger partial charge in [-0.3, -0.25) is 9.20 Å². The number of carbonyl (C=O) groups is 1. The van der Waals surface area contributed by atoms with E-state index in [4.69, 9.17) is 15.5 Å². The summed E-state index contributed by atoms with van der Waals surface area (Å²) >= 11 is 0. The van der Waals surface area contributed by atoms with Crippen molar-refractivity contribution in [2.75, 3.05) is 19.9 Å². The SMILES string of the molecule is CNC12CCC(c3nc(-c4ccc(CNC(=O)c5ccccc5OC)cc4)c4c(N)nccn34)(CC1)C2. The summed E-state index contributed by atoms with van der Waals surface area (Å²) in [5.74, 6) is 1.96. The molecule has 190 valence electrons. The minimum absolute atomic E-state index is 0.0562. The van der Waals surface area contributed by atoms with Gasteiger partial charge in [0.05, 0.1) is 12.7 Å². The number of fused-ring (bicyclic) bond motifs is 3. The molecule has 2 bridgehead atoms. The van der Waals surface area contributed by atoms with Gasteiger partial charge in [-0.05, 0) is 56.8 Å². The molecule has 0 aliphatic heterocycles. The van der Waals surface area contributed by atoms with Crippen molar-refractivity contribution in [2.24, 2.45) is 0 Å². The fourth-order valence-corrected chi connectivity index (χ4v) is 6.38. The number of methoxy groups -OCH3 is 1. The van der Waals surface area contributed by atoms with Crippen LogP contribution in [0.4, 0.5) is 5.82 Å². The maximum Gasteiger partial charge on any atom is 0.255 e. The first-order valence-electron chi connectivity index (χ1n) is 12.8. The molecule has 6 rings (SSSR count). The number of anilines is 1. The second-order valence-corrected chi connectivity index (χ2v) is 10.4. The maximum atomic E-state index is 12.7. The zero-order chi connectivity index (χ0) is 25.6. The molecule has 2 saturated carbocycles. The van der Waals surface area contributed by atoms with Crippen molar-refractivity contribution in [1.29, 1.82) is 0 Å². The third kappa shape index (κ3) is 3.83. The van der Waals surface area contributed by atoms with Crippen molar-refractivity contribution in [1.82, 2.24) is 25.0 Å². The Labute approximate surface area is 216 Å². The van der Waals surface area contributed by atoms with Gasteiger partial charge in [0.1, 0.15) is 28.6 Å². The highest BCUT2D eigenvalue weighted by Crippen LogP contribution is 2.57. The van der Waals surface area contributed by atoms with Crippen molar-refractivity contribution >= 4 is 17.2 Å². The van der Waals surface area contributed by atoms with E-state index in [-0.39, 0.29) is 16.9 Å². The Morgan fingerprint density at radius 3 is 2.57 bits per heavy atom. The smallest absolute Gasteiger partial charge is 0.255 e. The van der Waals surface area contributed by atoms with Crippen LogP contribution in [0.2, 0.25) is 0 Å². The molecule has 0 atom stereocenters. The molecule has 4 N–H and O–H groups in total. The molecule has 37 heavy (non-hydrogen) atoms. The van der Waals surface area contributed by atoms with Crippen LogP contribution in [0, 0.1) is 0 Å². The fourth-order valence-electron chi connectivity index (χ4n) is 6.38. The first kappa shape index (κ1) is 23.5. The monoisotopic (exact) mass is 496 g/mol. The summed E-state index contributed by atoms with van der Waals surface area (Å²) < 4.78 is 7.47. The van der Waals surface area contributed by atoms with E-state index in [0.717, 1.165) is 47.4 Å². The van der Waals surface area contributed by atoms with Crippen LogP contribution in [0.3, 0.4) is 0 Å². The number of benzene rings is 2. The molecule has 2 fully saturated rings. The van der Waals surface area contributed by atoms with Crippen molar-refractivity contribution < 1.29 is 9.53 Å². The quantitative estimate of drug-likeness (QED) is 0.356. The Morgan fingerprint density at radius 2 is 1.86 bits per heavy atom. The van der Waals surface area contributed by atoms with Crippen molar-refractivity contribution in [3.63, 3.8) is 0 Å². The molecule has 2 heterocycles. The summed E-state index contributed by atoms with van der Waals surface area (Å²) in [4.78, 5) is 22.3. The van der Waals surface area contributed by atoms with Crippen molar-refractivity contribution in [3.8, 4) is 17.0 Å². The van der Waals surface area contributed by atoms with E-state index in [1.54, 1.807) is 25.4 Å². The number of nitrogens with zero attached hydrogens (tertiary/aromatic N) is 3. The summed E-state index contributed by atoms with van der Waals surface area (Å²) in [5.41, 5.74) is 10.9. The predicted octanol–water partition coefficient (Wildman–Crippen LogP) is 4.09. The van der Waals surface area contributed by atoms with Gasteiger partial charge >= 0.3 is 0 Å². The summed E-state index contributed by atoms with van der Waals surface area (Å²) in [6.07, 6.45) is 9.44. The average molecular weight is 497 g/mol. The minimum Gasteiger partial charge on any atom is -0.496 e. The number of hydrogen-bond donors (Lipinski definition) is 3. The number of aromatic nitrogens is 3. The third-order valence-electron chi connectivity index (χ3n) is 8.46. The van der Waals surface area contributed by atoms with E-state index in [1.165, 1.54) is 12.8 Å². The number of nitrogens with one attached hydrogen (secondary N) is 2. The Kier molecular flexibility index (Phi) is 5.64. The summed E-state index contributed by atoms with van der Waals surface area (Å²) in [5, 5.41) is 6.57. The molecular weight excluding hydrogens is 464 g/mol. The van der Waals surface area contributed by atoms with Gasteiger partial charge in [-0.25, -0.2) is 9.97 Å². The van der Waals surface area contributed by atoms with Crippen molar-refractivity contribution in [3.05, 3.63) is 77.9 Å². The second-order valence-electron chi connectivity index (χ2n) is 10.4. The van der Waals surface area contributed by atoms with Crippen LogP contribution in [0.15, 0.2) is 60.9 Å². The number of imidazole rings is 1. The van der Waals surface area contributed by atoms with Gasteiger partial charge in [0.25, 0.3) is 5.91 Å². The van der Waals surface area contributed by atoms with Gasteiger partial charge in [-0.2, -0.15) is 0 Å². The Morgan fingerprint density at radius 1 is 1.11 bits per heavy atom. The second kappa shape index (κ2) is 8.88.